The van der Waals surface area contributed by atoms with Gasteiger partial charge in [-0.15, -0.1) is 0 Å². The number of aromatic amines is 1. The Morgan fingerprint density at radius 2 is 2.26 bits per heavy atom. The highest BCUT2D eigenvalue weighted by atomic mass is 127. The van der Waals surface area contributed by atoms with E-state index in [1.165, 1.54) is 6.20 Å². The van der Waals surface area contributed by atoms with Crippen LogP contribution >= 0.6 is 45.2 Å². The summed E-state index contributed by atoms with van der Waals surface area (Å²) < 4.78 is 6.33. The number of ether oxygens (including phenoxy) is 1. The van der Waals surface area contributed by atoms with Gasteiger partial charge in [0.1, 0.15) is 12.3 Å². The Hall–Kier alpha value is -0.670. The highest BCUT2D eigenvalue weighted by molar-refractivity contribution is 14.2. The average molecular weight is 549 g/mol. The third kappa shape index (κ3) is 4.06. The fourth-order valence-electron chi connectivity index (χ4n) is 2.28. The molecule has 0 radical (unpaired) electrons. The number of alkyl halides is 2. The molecule has 2 heterocycles. The van der Waals surface area contributed by atoms with E-state index < -0.39 is 35.7 Å². The minimum absolute atomic E-state index is 0.0979. The number of aliphatic hydroxyl groups excluding tert-OH is 2. The maximum Gasteiger partial charge on any atom is 0.330 e. The van der Waals surface area contributed by atoms with Crippen LogP contribution in [0.15, 0.2) is 20.9 Å². The number of H-pyrrole nitrogens is 1. The van der Waals surface area contributed by atoms with Gasteiger partial charge in [0.25, 0.3) is 5.56 Å². The number of hydrogen-bond donors (Lipinski definition) is 3. The Labute approximate surface area is 156 Å². The molecule has 0 spiro atoms. The van der Waals surface area contributed by atoms with Gasteiger partial charge in [-0.3, -0.25) is 14.3 Å². The third-order valence-electron chi connectivity index (χ3n) is 3.42. The highest BCUT2D eigenvalue weighted by Crippen LogP contribution is 2.31. The lowest BCUT2D eigenvalue weighted by molar-refractivity contribution is -0.0460. The molecular formula is C11H13I2N5O5. The van der Waals surface area contributed by atoms with E-state index in [0.29, 0.717) is 0 Å². The summed E-state index contributed by atoms with van der Waals surface area (Å²) in [5.74, 6) is 0. The molecule has 126 valence electrons. The van der Waals surface area contributed by atoms with Crippen molar-refractivity contribution in [3.63, 3.8) is 0 Å². The summed E-state index contributed by atoms with van der Waals surface area (Å²) in [7, 11) is 0. The molecule has 0 bridgehead atoms. The Balaban J connectivity index is 2.47. The van der Waals surface area contributed by atoms with Crippen molar-refractivity contribution in [1.82, 2.24) is 9.55 Å². The molecule has 0 aliphatic carbocycles. The summed E-state index contributed by atoms with van der Waals surface area (Å²) in [6, 6.07) is -0.767. The molecule has 0 unspecified atom stereocenters. The van der Waals surface area contributed by atoms with E-state index in [1.54, 1.807) is 0 Å². The standard InChI is InChI=1S/C11H13I2N5O5/c12-9(13)8(16-17-14)4-2-18(11(22)15-10(4)21)7-1-5(20)6(3-19)23-7/h2,5-9,19-20H,1,3H2,(H,15,21,22)/t5-,6+,7+,8+/m0/s1. The number of rotatable bonds is 5. The zero-order valence-electron chi connectivity index (χ0n) is 11.5. The first-order valence-corrected chi connectivity index (χ1v) is 9.00. The fourth-order valence-corrected chi connectivity index (χ4v) is 3.34. The second-order valence-corrected chi connectivity index (χ2v) is 9.92. The van der Waals surface area contributed by atoms with E-state index in [9.17, 15) is 14.7 Å². The Morgan fingerprint density at radius 1 is 1.57 bits per heavy atom. The molecule has 1 saturated heterocycles. The van der Waals surface area contributed by atoms with E-state index in [-0.39, 0.29) is 20.5 Å². The molecule has 1 aliphatic heterocycles. The zero-order valence-corrected chi connectivity index (χ0v) is 15.9. The van der Waals surface area contributed by atoms with Crippen LogP contribution in [0.2, 0.25) is 0 Å². The summed E-state index contributed by atoms with van der Waals surface area (Å²) >= 11 is 4.01. The van der Waals surface area contributed by atoms with Gasteiger partial charge in [0.2, 0.25) is 0 Å². The summed E-state index contributed by atoms with van der Waals surface area (Å²) in [5, 5.41) is 22.5. The van der Waals surface area contributed by atoms with Crippen LogP contribution in [0.5, 0.6) is 0 Å². The van der Waals surface area contributed by atoms with Crippen LogP contribution in [-0.2, 0) is 4.74 Å². The van der Waals surface area contributed by atoms with E-state index in [2.05, 4.69) is 15.0 Å². The summed E-state index contributed by atoms with van der Waals surface area (Å²) in [4.78, 5) is 28.9. The first kappa shape index (κ1) is 18.7. The second kappa shape index (κ2) is 7.94. The van der Waals surface area contributed by atoms with Crippen LogP contribution in [0.3, 0.4) is 0 Å². The molecule has 0 saturated carbocycles. The van der Waals surface area contributed by atoms with Crippen LogP contribution in [0.4, 0.5) is 0 Å². The van der Waals surface area contributed by atoms with Crippen LogP contribution < -0.4 is 11.2 Å². The van der Waals surface area contributed by atoms with Crippen molar-refractivity contribution in [3.05, 3.63) is 43.0 Å². The lowest BCUT2D eigenvalue weighted by Gasteiger charge is -2.18. The van der Waals surface area contributed by atoms with Crippen molar-refractivity contribution >= 4 is 45.2 Å². The smallest absolute Gasteiger partial charge is 0.330 e. The Kier molecular flexibility index (Phi) is 6.44. The number of nitrogens with zero attached hydrogens (tertiary/aromatic N) is 4. The normalized spacial score (nSPS) is 25.3. The topological polar surface area (TPSA) is 153 Å². The van der Waals surface area contributed by atoms with E-state index in [0.717, 1.165) is 4.57 Å². The molecule has 1 aliphatic rings. The van der Waals surface area contributed by atoms with Crippen molar-refractivity contribution in [1.29, 1.82) is 0 Å². The molecule has 1 aromatic rings. The Morgan fingerprint density at radius 3 is 2.78 bits per heavy atom. The largest absolute Gasteiger partial charge is 0.394 e. The third-order valence-corrected chi connectivity index (χ3v) is 4.79. The van der Waals surface area contributed by atoms with Crippen molar-refractivity contribution < 1.29 is 14.9 Å². The van der Waals surface area contributed by atoms with E-state index in [1.807, 2.05) is 45.2 Å². The average Bonchev–Trinajstić information content (AvgIpc) is 2.86. The number of halogens is 2. The molecule has 2 rings (SSSR count). The van der Waals surface area contributed by atoms with Crippen molar-refractivity contribution in [2.24, 2.45) is 5.11 Å². The molecule has 23 heavy (non-hydrogen) atoms. The lowest BCUT2D eigenvalue weighted by Crippen LogP contribution is -2.35. The summed E-state index contributed by atoms with van der Waals surface area (Å²) in [5.41, 5.74) is 7.45. The lowest BCUT2D eigenvalue weighted by atomic mass is 10.1. The fraction of sp³-hybridized carbons (Fsp3) is 0.636. The number of hydrogen-bond acceptors (Lipinski definition) is 6. The van der Waals surface area contributed by atoms with Gasteiger partial charge >= 0.3 is 5.69 Å². The number of aromatic nitrogens is 2. The maximum absolute atomic E-state index is 12.0. The molecule has 0 aromatic carbocycles. The predicted molar refractivity (Wildman–Crippen MR) is 96.7 cm³/mol. The second-order valence-electron chi connectivity index (χ2n) is 4.85. The van der Waals surface area contributed by atoms with Crippen LogP contribution in [0, 0.1) is 0 Å². The van der Waals surface area contributed by atoms with Crippen LogP contribution in [0.25, 0.3) is 10.4 Å². The van der Waals surface area contributed by atoms with Gasteiger partial charge in [0.05, 0.1) is 20.7 Å². The van der Waals surface area contributed by atoms with E-state index >= 15 is 0 Å². The first-order chi connectivity index (χ1) is 10.9. The minimum atomic E-state index is -0.915. The first-order valence-electron chi connectivity index (χ1n) is 6.51. The number of aliphatic hydroxyl groups is 2. The molecule has 10 nitrogen and oxygen atoms in total. The Bertz CT molecular complexity index is 728. The van der Waals surface area contributed by atoms with Gasteiger partial charge in [0.15, 0.2) is 0 Å². The summed E-state index contributed by atoms with van der Waals surface area (Å²) in [6.07, 6.45) is -1.15. The molecule has 12 heteroatoms. The van der Waals surface area contributed by atoms with Crippen molar-refractivity contribution in [2.45, 2.75) is 32.8 Å². The number of azide groups is 1. The van der Waals surface area contributed by atoms with Gasteiger partial charge in [-0.25, -0.2) is 4.79 Å². The molecule has 1 fully saturated rings. The van der Waals surface area contributed by atoms with Gasteiger partial charge in [0, 0.05) is 23.1 Å². The number of nitrogens with one attached hydrogen (secondary N) is 1. The molecule has 0 amide bonds. The molecule has 3 N–H and O–H groups in total. The zero-order chi connectivity index (χ0) is 17.1. The van der Waals surface area contributed by atoms with Crippen LogP contribution in [-0.4, -0.2) is 40.5 Å². The predicted octanol–water partition coefficient (Wildman–Crippen LogP) is 0.725. The summed E-state index contributed by atoms with van der Waals surface area (Å²) in [6.45, 7) is -0.381. The van der Waals surface area contributed by atoms with Gasteiger partial charge in [-0.2, -0.15) is 0 Å². The van der Waals surface area contributed by atoms with Gasteiger partial charge in [-0.05, 0) is 5.53 Å². The van der Waals surface area contributed by atoms with Crippen molar-refractivity contribution in [2.75, 3.05) is 6.61 Å². The van der Waals surface area contributed by atoms with E-state index in [4.69, 9.17) is 15.4 Å². The maximum atomic E-state index is 12.0. The SMILES string of the molecule is [N-]=[N+]=N[C@H](c1cn([C@H]2C[C@H](O)[C@@H](CO)O2)c(=O)[nH]c1=O)C(I)I. The molecular weight excluding hydrogens is 536 g/mol. The molecule has 4 atom stereocenters. The molecule has 1 aromatic heterocycles. The van der Waals surface area contributed by atoms with Gasteiger partial charge in [-0.1, -0.05) is 50.3 Å². The highest BCUT2D eigenvalue weighted by Gasteiger charge is 2.35. The monoisotopic (exact) mass is 549 g/mol. The van der Waals surface area contributed by atoms with Gasteiger partial charge < -0.3 is 14.9 Å². The quantitative estimate of drug-likeness (QED) is 0.163. The van der Waals surface area contributed by atoms with Crippen LogP contribution in [0.1, 0.15) is 24.3 Å². The minimum Gasteiger partial charge on any atom is -0.394 e. The van der Waals surface area contributed by atoms with Crippen molar-refractivity contribution in [3.8, 4) is 0 Å².